The summed E-state index contributed by atoms with van der Waals surface area (Å²) in [6.45, 7) is 6.76. The number of hydrogen-bond donors (Lipinski definition) is 0. The molecule has 0 aliphatic heterocycles. The van der Waals surface area contributed by atoms with Crippen molar-refractivity contribution in [2.45, 2.75) is 39.3 Å². The predicted octanol–water partition coefficient (Wildman–Crippen LogP) is 1.35. The Labute approximate surface area is 97.2 Å². The van der Waals surface area contributed by atoms with Gasteiger partial charge in [0.2, 0.25) is 0 Å². The van der Waals surface area contributed by atoms with Crippen LogP contribution in [0.2, 0.25) is 0 Å². The van der Waals surface area contributed by atoms with Crippen LogP contribution < -0.4 is 0 Å². The molecule has 0 bridgehead atoms. The maximum Gasteiger partial charge on any atom is 0.156 e. The first-order chi connectivity index (χ1) is 7.37. The van der Waals surface area contributed by atoms with E-state index in [0.717, 1.165) is 12.1 Å². The van der Waals surface area contributed by atoms with Crippen molar-refractivity contribution < 1.29 is 4.79 Å². The molecule has 1 heterocycles. The van der Waals surface area contributed by atoms with Crippen LogP contribution >= 0.6 is 0 Å². The second-order valence-corrected chi connectivity index (χ2v) is 4.76. The summed E-state index contributed by atoms with van der Waals surface area (Å²) in [5.74, 6) is 0.216. The van der Waals surface area contributed by atoms with Gasteiger partial charge in [-0.15, -0.1) is 0 Å². The molecular weight excluding hydrogens is 202 g/mol. The van der Waals surface area contributed by atoms with Crippen LogP contribution in [0.1, 0.15) is 26.3 Å². The molecular formula is C12H21N3O. The number of carbonyl (C=O) groups is 1. The molecule has 0 aromatic carbocycles. The van der Waals surface area contributed by atoms with Gasteiger partial charge in [-0.05, 0) is 40.4 Å². The maximum absolute atomic E-state index is 12.1. The monoisotopic (exact) mass is 223 g/mol. The van der Waals surface area contributed by atoms with Crippen LogP contribution in [0.5, 0.6) is 0 Å². The average molecular weight is 223 g/mol. The Hall–Kier alpha value is -1.16. The fourth-order valence-electron chi connectivity index (χ4n) is 1.32. The first-order valence-corrected chi connectivity index (χ1v) is 5.60. The van der Waals surface area contributed by atoms with Crippen LogP contribution in [0.25, 0.3) is 0 Å². The Morgan fingerprint density at radius 2 is 2.12 bits per heavy atom. The molecule has 0 unspecified atom stereocenters. The molecule has 4 heteroatoms. The van der Waals surface area contributed by atoms with Gasteiger partial charge in [0, 0.05) is 19.2 Å². The molecule has 0 saturated carbocycles. The number of nitrogens with zero attached hydrogens (tertiary/aromatic N) is 3. The molecule has 0 aliphatic rings. The van der Waals surface area contributed by atoms with Crippen molar-refractivity contribution in [3.63, 3.8) is 0 Å². The molecule has 0 atom stereocenters. The van der Waals surface area contributed by atoms with Gasteiger partial charge in [0.25, 0.3) is 0 Å². The first kappa shape index (κ1) is 12.9. The SMILES string of the molecule is CCn1cc(CC(=O)C(C)(C)N(C)C)cn1. The third-order valence-corrected chi connectivity index (χ3v) is 3.18. The number of ketones is 1. The smallest absolute Gasteiger partial charge is 0.156 e. The van der Waals surface area contributed by atoms with Gasteiger partial charge in [-0.2, -0.15) is 5.10 Å². The highest BCUT2D eigenvalue weighted by atomic mass is 16.1. The lowest BCUT2D eigenvalue weighted by Crippen LogP contribution is -2.46. The van der Waals surface area contributed by atoms with Crippen LogP contribution in [0, 0.1) is 0 Å². The van der Waals surface area contributed by atoms with Gasteiger partial charge < -0.3 is 0 Å². The molecule has 0 amide bonds. The van der Waals surface area contributed by atoms with Gasteiger partial charge in [-0.1, -0.05) is 0 Å². The summed E-state index contributed by atoms with van der Waals surface area (Å²) in [4.78, 5) is 14.0. The quantitative estimate of drug-likeness (QED) is 0.756. The Morgan fingerprint density at radius 1 is 1.50 bits per heavy atom. The van der Waals surface area contributed by atoms with E-state index in [-0.39, 0.29) is 5.78 Å². The van der Waals surface area contributed by atoms with Gasteiger partial charge in [-0.25, -0.2) is 0 Å². The molecule has 0 N–H and O–H groups in total. The van der Waals surface area contributed by atoms with E-state index in [0.29, 0.717) is 6.42 Å². The highest BCUT2D eigenvalue weighted by molar-refractivity contribution is 5.89. The Bertz CT molecular complexity index is 366. The van der Waals surface area contributed by atoms with E-state index >= 15 is 0 Å². The van der Waals surface area contributed by atoms with Crippen molar-refractivity contribution in [3.05, 3.63) is 18.0 Å². The van der Waals surface area contributed by atoms with Gasteiger partial charge in [-0.3, -0.25) is 14.4 Å². The fourth-order valence-corrected chi connectivity index (χ4v) is 1.32. The number of carbonyl (C=O) groups excluding carboxylic acids is 1. The van der Waals surface area contributed by atoms with Crippen LogP contribution in [-0.2, 0) is 17.8 Å². The molecule has 16 heavy (non-hydrogen) atoms. The van der Waals surface area contributed by atoms with Crippen LogP contribution in [0.15, 0.2) is 12.4 Å². The fraction of sp³-hybridized carbons (Fsp3) is 0.667. The van der Waals surface area contributed by atoms with Crippen molar-refractivity contribution >= 4 is 5.78 Å². The van der Waals surface area contributed by atoms with Crippen molar-refractivity contribution in [1.82, 2.24) is 14.7 Å². The van der Waals surface area contributed by atoms with Gasteiger partial charge in [0.05, 0.1) is 11.7 Å². The van der Waals surface area contributed by atoms with Crippen LogP contribution in [-0.4, -0.2) is 40.1 Å². The third-order valence-electron chi connectivity index (χ3n) is 3.18. The van der Waals surface area contributed by atoms with Crippen molar-refractivity contribution in [3.8, 4) is 0 Å². The lowest BCUT2D eigenvalue weighted by Gasteiger charge is -2.30. The third kappa shape index (κ3) is 2.70. The molecule has 0 spiro atoms. The zero-order chi connectivity index (χ0) is 12.3. The van der Waals surface area contributed by atoms with Gasteiger partial charge in [0.15, 0.2) is 5.78 Å². The number of hydrogen-bond acceptors (Lipinski definition) is 3. The van der Waals surface area contributed by atoms with Crippen molar-refractivity contribution in [2.24, 2.45) is 0 Å². The van der Waals surface area contributed by atoms with E-state index in [1.54, 1.807) is 6.20 Å². The Morgan fingerprint density at radius 3 is 2.56 bits per heavy atom. The maximum atomic E-state index is 12.1. The standard InChI is InChI=1S/C12H21N3O/c1-6-15-9-10(8-13-15)7-11(16)12(2,3)14(4)5/h8-9H,6-7H2,1-5H3. The van der Waals surface area contributed by atoms with E-state index in [1.807, 2.05) is 50.6 Å². The first-order valence-electron chi connectivity index (χ1n) is 5.60. The zero-order valence-corrected chi connectivity index (χ0v) is 10.8. The minimum absolute atomic E-state index is 0.216. The minimum atomic E-state index is -0.422. The number of Topliss-reactive ketones (excluding diaryl/α,β-unsaturated/α-hetero) is 1. The van der Waals surface area contributed by atoms with Crippen molar-refractivity contribution in [1.29, 1.82) is 0 Å². The lowest BCUT2D eigenvalue weighted by molar-refractivity contribution is -0.127. The highest BCUT2D eigenvalue weighted by Gasteiger charge is 2.29. The largest absolute Gasteiger partial charge is 0.298 e. The molecule has 1 aromatic rings. The summed E-state index contributed by atoms with van der Waals surface area (Å²) in [7, 11) is 3.85. The molecule has 0 aliphatic carbocycles. The second kappa shape index (κ2) is 4.78. The van der Waals surface area contributed by atoms with E-state index < -0.39 is 5.54 Å². The number of rotatable bonds is 5. The Kier molecular flexibility index (Phi) is 3.86. The number of likely N-dealkylation sites (N-methyl/N-ethyl adjacent to an activating group) is 1. The van der Waals surface area contributed by atoms with Crippen LogP contribution in [0.4, 0.5) is 0 Å². The lowest BCUT2D eigenvalue weighted by atomic mass is 9.93. The average Bonchev–Trinajstić information content (AvgIpc) is 2.65. The van der Waals surface area contributed by atoms with E-state index in [2.05, 4.69) is 5.10 Å². The second-order valence-electron chi connectivity index (χ2n) is 4.76. The molecule has 0 saturated heterocycles. The zero-order valence-electron chi connectivity index (χ0n) is 10.8. The summed E-state index contributed by atoms with van der Waals surface area (Å²) in [5.41, 5.74) is 0.565. The summed E-state index contributed by atoms with van der Waals surface area (Å²) in [6.07, 6.45) is 4.15. The normalized spacial score (nSPS) is 12.1. The van der Waals surface area contributed by atoms with E-state index in [9.17, 15) is 4.79 Å². The number of aromatic nitrogens is 2. The molecule has 0 radical (unpaired) electrons. The van der Waals surface area contributed by atoms with Crippen LogP contribution in [0.3, 0.4) is 0 Å². The minimum Gasteiger partial charge on any atom is -0.298 e. The summed E-state index contributed by atoms with van der Waals surface area (Å²) < 4.78 is 1.84. The molecule has 1 rings (SSSR count). The molecule has 4 nitrogen and oxygen atoms in total. The molecule has 90 valence electrons. The summed E-state index contributed by atoms with van der Waals surface area (Å²) in [5, 5.41) is 4.17. The summed E-state index contributed by atoms with van der Waals surface area (Å²) >= 11 is 0. The molecule has 0 fully saturated rings. The number of aryl methyl sites for hydroxylation is 1. The molecule has 1 aromatic heterocycles. The van der Waals surface area contributed by atoms with Gasteiger partial charge in [0.1, 0.15) is 0 Å². The highest BCUT2D eigenvalue weighted by Crippen LogP contribution is 2.14. The topological polar surface area (TPSA) is 38.1 Å². The van der Waals surface area contributed by atoms with E-state index in [4.69, 9.17) is 0 Å². The predicted molar refractivity (Wildman–Crippen MR) is 64.4 cm³/mol. The van der Waals surface area contributed by atoms with Gasteiger partial charge >= 0.3 is 0 Å². The Balaban J connectivity index is 2.71. The summed E-state index contributed by atoms with van der Waals surface area (Å²) in [6, 6.07) is 0. The van der Waals surface area contributed by atoms with E-state index in [1.165, 1.54) is 0 Å². The van der Waals surface area contributed by atoms with Crippen molar-refractivity contribution in [2.75, 3.05) is 14.1 Å².